The lowest BCUT2D eigenvalue weighted by molar-refractivity contribution is 0.186. The van der Waals surface area contributed by atoms with Crippen molar-refractivity contribution in [1.82, 2.24) is 15.2 Å². The van der Waals surface area contributed by atoms with Crippen LogP contribution in [-0.4, -0.2) is 48.1 Å². The van der Waals surface area contributed by atoms with Crippen LogP contribution in [0.1, 0.15) is 37.7 Å². The van der Waals surface area contributed by atoms with Crippen LogP contribution in [0, 0.1) is 11.3 Å². The first kappa shape index (κ1) is 15.6. The molecule has 1 aliphatic heterocycles. The van der Waals surface area contributed by atoms with Crippen molar-refractivity contribution in [1.29, 1.82) is 5.26 Å². The molecule has 3 rings (SSSR count). The van der Waals surface area contributed by atoms with Gasteiger partial charge in [0.05, 0.1) is 5.56 Å². The van der Waals surface area contributed by atoms with Crippen molar-refractivity contribution in [2.24, 2.45) is 0 Å². The highest BCUT2D eigenvalue weighted by Crippen LogP contribution is 2.19. The zero-order valence-corrected chi connectivity index (χ0v) is 13.4. The normalized spacial score (nSPS) is 19.3. The van der Waals surface area contributed by atoms with E-state index in [0.717, 1.165) is 18.7 Å². The zero-order valence-electron chi connectivity index (χ0n) is 13.4. The third kappa shape index (κ3) is 3.73. The summed E-state index contributed by atoms with van der Waals surface area (Å²) in [5, 5.41) is 12.3. The van der Waals surface area contributed by atoms with Gasteiger partial charge in [0.2, 0.25) is 0 Å². The summed E-state index contributed by atoms with van der Waals surface area (Å²) >= 11 is 0. The topological polar surface area (TPSA) is 72.3 Å². The van der Waals surface area contributed by atoms with Crippen LogP contribution in [-0.2, 0) is 0 Å². The Kier molecular flexibility index (Phi) is 4.96. The maximum atomic E-state index is 12.4. The van der Waals surface area contributed by atoms with Gasteiger partial charge in [0.1, 0.15) is 11.9 Å². The van der Waals surface area contributed by atoms with Gasteiger partial charge < -0.3 is 15.1 Å². The van der Waals surface area contributed by atoms with Crippen LogP contribution in [0.15, 0.2) is 18.3 Å². The Morgan fingerprint density at radius 3 is 2.65 bits per heavy atom. The lowest BCUT2D eigenvalue weighted by Gasteiger charge is -2.36. The minimum Gasteiger partial charge on any atom is -0.352 e. The highest BCUT2D eigenvalue weighted by molar-refractivity contribution is 5.75. The molecule has 0 aromatic carbocycles. The number of nitrogens with zero attached hydrogens (tertiary/aromatic N) is 4. The highest BCUT2D eigenvalue weighted by atomic mass is 16.2. The second-order valence-corrected chi connectivity index (χ2v) is 6.24. The predicted molar refractivity (Wildman–Crippen MR) is 88.1 cm³/mol. The van der Waals surface area contributed by atoms with Gasteiger partial charge in [0.25, 0.3) is 0 Å². The Morgan fingerprint density at radius 2 is 1.96 bits per heavy atom. The average Bonchev–Trinajstić information content (AvgIpc) is 2.62. The first-order valence-corrected chi connectivity index (χ1v) is 8.43. The highest BCUT2D eigenvalue weighted by Gasteiger charge is 2.25. The number of carbonyl (C=O) groups excluding carboxylic acids is 1. The molecule has 122 valence electrons. The molecular weight excluding hydrogens is 290 g/mol. The van der Waals surface area contributed by atoms with E-state index < -0.39 is 0 Å². The van der Waals surface area contributed by atoms with Crippen LogP contribution in [0.5, 0.6) is 0 Å². The second-order valence-electron chi connectivity index (χ2n) is 6.24. The Hall–Kier alpha value is -2.29. The van der Waals surface area contributed by atoms with Crippen LogP contribution < -0.4 is 10.2 Å². The van der Waals surface area contributed by atoms with E-state index in [0.29, 0.717) is 37.8 Å². The zero-order chi connectivity index (χ0) is 16.1. The van der Waals surface area contributed by atoms with Crippen molar-refractivity contribution in [3.8, 4) is 6.07 Å². The monoisotopic (exact) mass is 313 g/mol. The van der Waals surface area contributed by atoms with Crippen molar-refractivity contribution in [2.75, 3.05) is 31.1 Å². The molecule has 1 saturated carbocycles. The number of aromatic nitrogens is 1. The first-order chi connectivity index (χ1) is 11.3. The lowest BCUT2D eigenvalue weighted by Crippen LogP contribution is -2.54. The molecule has 0 unspecified atom stereocenters. The lowest BCUT2D eigenvalue weighted by atomic mass is 9.96. The van der Waals surface area contributed by atoms with Crippen molar-refractivity contribution in [3.05, 3.63) is 23.9 Å². The number of piperazine rings is 1. The molecule has 2 heterocycles. The maximum absolute atomic E-state index is 12.4. The Balaban J connectivity index is 1.53. The number of pyridine rings is 1. The smallest absolute Gasteiger partial charge is 0.317 e. The largest absolute Gasteiger partial charge is 0.352 e. The number of carbonyl (C=O) groups is 1. The molecule has 1 N–H and O–H groups in total. The molecule has 6 nitrogen and oxygen atoms in total. The van der Waals surface area contributed by atoms with E-state index in [1.165, 1.54) is 19.3 Å². The molecule has 1 saturated heterocycles. The van der Waals surface area contributed by atoms with Crippen molar-refractivity contribution in [3.63, 3.8) is 0 Å². The number of nitriles is 1. The second kappa shape index (κ2) is 7.32. The molecule has 0 atom stereocenters. The Labute approximate surface area is 137 Å². The molecule has 2 aliphatic rings. The first-order valence-electron chi connectivity index (χ1n) is 8.43. The van der Waals surface area contributed by atoms with Gasteiger partial charge in [-0.3, -0.25) is 0 Å². The van der Waals surface area contributed by atoms with Gasteiger partial charge in [-0.1, -0.05) is 19.3 Å². The van der Waals surface area contributed by atoms with Gasteiger partial charge in [-0.25, -0.2) is 9.78 Å². The summed E-state index contributed by atoms with van der Waals surface area (Å²) < 4.78 is 0. The minimum absolute atomic E-state index is 0.0538. The van der Waals surface area contributed by atoms with E-state index in [9.17, 15) is 10.1 Å². The predicted octanol–water partition coefficient (Wildman–Crippen LogP) is 2.12. The third-order valence-corrected chi connectivity index (χ3v) is 4.71. The standard InChI is InChI=1S/C17H23N5O/c18-13-14-5-4-8-19-16(14)21-9-11-22(12-10-21)17(23)20-15-6-2-1-3-7-15/h4-5,8,15H,1-3,6-7,9-12H2,(H,20,23). The summed E-state index contributed by atoms with van der Waals surface area (Å²) in [5.74, 6) is 0.724. The molecule has 1 aliphatic carbocycles. The fourth-order valence-electron chi connectivity index (χ4n) is 3.37. The quantitative estimate of drug-likeness (QED) is 0.907. The summed E-state index contributed by atoms with van der Waals surface area (Å²) in [7, 11) is 0. The number of urea groups is 1. The van der Waals surface area contributed by atoms with Crippen molar-refractivity contribution < 1.29 is 4.79 Å². The number of hydrogen-bond acceptors (Lipinski definition) is 4. The van der Waals surface area contributed by atoms with E-state index in [1.54, 1.807) is 18.3 Å². The Morgan fingerprint density at radius 1 is 1.22 bits per heavy atom. The van der Waals surface area contributed by atoms with E-state index >= 15 is 0 Å². The van der Waals surface area contributed by atoms with Crippen molar-refractivity contribution >= 4 is 11.8 Å². The fourth-order valence-corrected chi connectivity index (χ4v) is 3.37. The van der Waals surface area contributed by atoms with Gasteiger partial charge in [-0.05, 0) is 25.0 Å². The summed E-state index contributed by atoms with van der Waals surface area (Å²) in [6.45, 7) is 2.76. The molecule has 1 aromatic rings. The molecule has 0 bridgehead atoms. The van der Waals surface area contributed by atoms with E-state index in [-0.39, 0.29) is 6.03 Å². The number of rotatable bonds is 2. The Bertz CT molecular complexity index is 583. The summed E-state index contributed by atoms with van der Waals surface area (Å²) in [4.78, 5) is 20.6. The minimum atomic E-state index is 0.0538. The van der Waals surface area contributed by atoms with E-state index in [1.807, 2.05) is 4.90 Å². The summed E-state index contributed by atoms with van der Waals surface area (Å²) in [5.41, 5.74) is 0.590. The number of amides is 2. The number of anilines is 1. The molecular formula is C17H23N5O. The van der Waals surface area contributed by atoms with Crippen LogP contribution in [0.3, 0.4) is 0 Å². The maximum Gasteiger partial charge on any atom is 0.317 e. The molecule has 0 radical (unpaired) electrons. The van der Waals surface area contributed by atoms with Gasteiger partial charge in [-0.15, -0.1) is 0 Å². The van der Waals surface area contributed by atoms with E-state index in [4.69, 9.17) is 0 Å². The average molecular weight is 313 g/mol. The van der Waals surface area contributed by atoms with Crippen LogP contribution in [0.2, 0.25) is 0 Å². The molecule has 0 spiro atoms. The number of hydrogen-bond donors (Lipinski definition) is 1. The molecule has 1 aromatic heterocycles. The van der Waals surface area contributed by atoms with Crippen LogP contribution in [0.25, 0.3) is 0 Å². The number of nitrogens with one attached hydrogen (secondary N) is 1. The summed E-state index contributed by atoms with van der Waals surface area (Å²) in [6.07, 6.45) is 7.63. The van der Waals surface area contributed by atoms with Gasteiger partial charge in [0.15, 0.2) is 0 Å². The molecule has 6 heteroatoms. The summed E-state index contributed by atoms with van der Waals surface area (Å²) in [6, 6.07) is 6.14. The SMILES string of the molecule is N#Cc1cccnc1N1CCN(C(=O)NC2CCCCC2)CC1. The molecule has 23 heavy (non-hydrogen) atoms. The van der Waals surface area contributed by atoms with Crippen LogP contribution in [0.4, 0.5) is 10.6 Å². The third-order valence-electron chi connectivity index (χ3n) is 4.71. The van der Waals surface area contributed by atoms with E-state index in [2.05, 4.69) is 21.3 Å². The fraction of sp³-hybridized carbons (Fsp3) is 0.588. The van der Waals surface area contributed by atoms with Gasteiger partial charge in [-0.2, -0.15) is 5.26 Å². The van der Waals surface area contributed by atoms with Gasteiger partial charge >= 0.3 is 6.03 Å². The van der Waals surface area contributed by atoms with Gasteiger partial charge in [0, 0.05) is 38.4 Å². The molecule has 2 amide bonds. The molecule has 2 fully saturated rings. The van der Waals surface area contributed by atoms with Crippen LogP contribution >= 0.6 is 0 Å². The van der Waals surface area contributed by atoms with Crippen molar-refractivity contribution in [2.45, 2.75) is 38.1 Å².